The van der Waals surface area contributed by atoms with Crippen LogP contribution in [0, 0.1) is 52.3 Å². The number of thioether (sulfide) groups is 5. The van der Waals surface area contributed by atoms with Gasteiger partial charge < -0.3 is 83.1 Å². The first kappa shape index (κ1) is 121. The summed E-state index contributed by atoms with van der Waals surface area (Å²) < 4.78 is 26.1. The standard InChI is InChI=1S/C26H37N3O8.C25H35N3O8.C24H33N3O9S2.C24H33N3O8S3/c1-18(24(30)28-22-12-6-5-11-20(22)17-23(28)25(31)32)27-21(14-13-19-9-3-2-4-10-19)26(33)36-15-7-8-16-37-29(34)35;1-17(23(29)27-21-11-6-5-10-19(21)16-22(27)24(30)31)26-20(13-12-18-8-3-2-4-9-18)25(32)35-14-7-15-36-28(33)34;1-17(21(28)26-16-24(37-13-14-38-24)15-20(26)22(29)30)25-19(8-7-18-5-3-2-4-6-18)23(31)35-11-9-34-10-12-36-27(32)33;1-17(21(28)26-16-24(37-13-14-38-24)15-20(26)22(29)30)25-19(8-7-18-5-3-2-4-6-18)23(31)34-9-11-36-12-10-35-27(32)33/h2-4,9-10,18,20-23,27H,5-8,11-17H2,1H3,(H,31,32);2-4,8-9,17,19-22,26H,5-7,10-16H2,1H3,(H,30,31);2*2-6,17,19-20,25H,7-16H2,1H3,(H,29,30). The van der Waals surface area contributed by atoms with Crippen LogP contribution in [0.25, 0.3) is 0 Å². The normalized spacial score (nSPS) is 21.2. The van der Waals surface area contributed by atoms with Crippen molar-refractivity contribution in [3.05, 3.63) is 184 Å². The number of aliphatic carboxylic acids is 4. The number of ether oxygens (including phenoxy) is 5. The van der Waals surface area contributed by atoms with Crippen LogP contribution >= 0.6 is 58.8 Å². The van der Waals surface area contributed by atoms with Crippen LogP contribution in [0.15, 0.2) is 121 Å². The van der Waals surface area contributed by atoms with Crippen LogP contribution in [0.4, 0.5) is 0 Å². The fourth-order valence-corrected chi connectivity index (χ4v) is 26.7. The van der Waals surface area contributed by atoms with E-state index in [2.05, 4.69) is 40.6 Å². The van der Waals surface area contributed by atoms with E-state index in [0.717, 1.165) is 96.6 Å². The van der Waals surface area contributed by atoms with E-state index in [4.69, 9.17) is 23.7 Å². The number of hydrogen-bond acceptors (Lipinski definition) is 38. The Morgan fingerprint density at radius 3 is 1.01 bits per heavy atom. The SMILES string of the molecule is CC(NC(CCc1ccccc1)C(=O)OCCCCO[N+](=O)[O-])C(=O)N1C(C(=O)O)CC2CCCCC21.CC(NC(CCc1ccccc1)C(=O)OCCCO[N+](=O)[O-])C(=O)N1C(C(=O)O)CC2CCCCC21.CC(NC(CCc1ccccc1)C(=O)OCCOCCO[N+](=O)[O-])C(=O)N1CC2(CC1C(=O)O)SCCS2.CC(NC(CCc1ccccc1)C(=O)OCCSCCO[N+](=O)[O-])C(=O)N1CC2(CC1C(=O)O)SCCS2. The number of aryl methyl sites for hydroxylation is 4. The molecule has 6 heterocycles. The van der Waals surface area contributed by atoms with Crippen LogP contribution in [0.2, 0.25) is 0 Å². The first-order valence-electron chi connectivity index (χ1n) is 50.3. The van der Waals surface area contributed by atoms with Crippen molar-refractivity contribution in [3.63, 3.8) is 0 Å². The fraction of sp³-hybridized carbons (Fsp3) is 0.636. The second-order valence-corrected chi connectivity index (χ2v) is 44.9. The molecular weight excluding hydrogens is 2050 g/mol. The summed E-state index contributed by atoms with van der Waals surface area (Å²) in [6.45, 7) is 6.80. The predicted molar refractivity (Wildman–Crippen MR) is 550 cm³/mol. The summed E-state index contributed by atoms with van der Waals surface area (Å²) in [5, 5.41) is 88.8. The van der Waals surface area contributed by atoms with Crippen molar-refractivity contribution in [1.82, 2.24) is 40.9 Å². The molecule has 0 bridgehead atoms. The van der Waals surface area contributed by atoms with Crippen molar-refractivity contribution in [2.24, 2.45) is 11.8 Å². The van der Waals surface area contributed by atoms with Crippen LogP contribution in [-0.4, -0.2) is 338 Å². The molecule has 822 valence electrons. The number of unbranched alkanes of at least 4 members (excludes halogenated alkanes) is 1. The Labute approximate surface area is 884 Å². The van der Waals surface area contributed by atoms with Gasteiger partial charge in [0.1, 0.15) is 74.8 Å². The lowest BCUT2D eigenvalue weighted by molar-refractivity contribution is -0.758. The molecule has 16 atom stereocenters. The van der Waals surface area contributed by atoms with Crippen molar-refractivity contribution in [1.29, 1.82) is 0 Å². The zero-order chi connectivity index (χ0) is 108. The van der Waals surface area contributed by atoms with Crippen LogP contribution in [0.3, 0.4) is 0 Å². The first-order valence-corrected chi connectivity index (χ1v) is 55.4. The topological polar surface area (TPSA) is 602 Å². The minimum Gasteiger partial charge on any atom is -0.480 e. The molecule has 4 amide bonds. The number of benzene rings is 4. The lowest BCUT2D eigenvalue weighted by Gasteiger charge is -2.35. The number of esters is 4. The fourth-order valence-electron chi connectivity index (χ4n) is 19.6. The molecule has 45 nitrogen and oxygen atoms in total. The van der Waals surface area contributed by atoms with Crippen molar-refractivity contribution < 1.29 is 141 Å². The van der Waals surface area contributed by atoms with Gasteiger partial charge in [-0.05, 0) is 165 Å². The minimum atomic E-state index is -1.03. The van der Waals surface area contributed by atoms with Gasteiger partial charge in [0.25, 0.3) is 20.3 Å². The maximum absolute atomic E-state index is 13.5. The molecule has 4 aromatic carbocycles. The third-order valence-corrected chi connectivity index (χ3v) is 34.5. The van der Waals surface area contributed by atoms with E-state index in [-0.39, 0.29) is 128 Å². The van der Waals surface area contributed by atoms with E-state index in [1.165, 1.54) is 26.5 Å². The van der Waals surface area contributed by atoms with Crippen molar-refractivity contribution in [2.75, 3.05) is 114 Å². The molecule has 12 rings (SSSR count). The molecular formula is C99H138N12O33S5. The summed E-state index contributed by atoms with van der Waals surface area (Å²) >= 11 is 8.21. The average Bonchev–Trinajstić information content (AvgIpc) is 1.60. The third kappa shape index (κ3) is 39.9. The van der Waals surface area contributed by atoms with Crippen molar-refractivity contribution >= 4 is 130 Å². The Morgan fingerprint density at radius 2 is 0.658 bits per heavy atom. The van der Waals surface area contributed by atoms with Gasteiger partial charge in [0.05, 0.1) is 72.0 Å². The average molecular weight is 2180 g/mol. The lowest BCUT2D eigenvalue weighted by Crippen LogP contribution is -2.55. The van der Waals surface area contributed by atoms with E-state index in [9.17, 15) is 118 Å². The highest BCUT2D eigenvalue weighted by molar-refractivity contribution is 8.21. The lowest BCUT2D eigenvalue weighted by atomic mass is 9.84. The molecule has 2 aliphatic carbocycles. The van der Waals surface area contributed by atoms with E-state index >= 15 is 0 Å². The summed E-state index contributed by atoms with van der Waals surface area (Å²) in [4.78, 5) is 217. The maximum atomic E-state index is 13.5. The number of amides is 4. The smallest absolute Gasteiger partial charge is 0.326 e. The quantitative estimate of drug-likeness (QED) is 0.00671. The van der Waals surface area contributed by atoms with Crippen LogP contribution < -0.4 is 21.3 Å². The van der Waals surface area contributed by atoms with Crippen molar-refractivity contribution in [3.8, 4) is 0 Å². The monoisotopic (exact) mass is 2180 g/mol. The van der Waals surface area contributed by atoms with Crippen LogP contribution in [-0.2, 0) is 126 Å². The summed E-state index contributed by atoms with van der Waals surface area (Å²) in [6.07, 6.45) is 13.9. The highest BCUT2D eigenvalue weighted by atomic mass is 32.2. The van der Waals surface area contributed by atoms with E-state index in [1.807, 2.05) is 121 Å². The Kier molecular flexibility index (Phi) is 51.5. The second kappa shape index (κ2) is 63.2. The predicted octanol–water partition coefficient (Wildman–Crippen LogP) is 9.00. The maximum Gasteiger partial charge on any atom is 0.326 e. The molecule has 0 radical (unpaired) electrons. The summed E-state index contributed by atoms with van der Waals surface area (Å²) in [5.41, 5.74) is 4.11. The zero-order valence-electron chi connectivity index (χ0n) is 84.0. The Hall–Kier alpha value is -11.1. The van der Waals surface area contributed by atoms with Crippen LogP contribution in [0.1, 0.15) is 172 Å². The number of carboxylic acid groups (broad SMARTS) is 4. The molecule has 50 heteroatoms. The first-order chi connectivity index (χ1) is 71.5. The van der Waals surface area contributed by atoms with Gasteiger partial charge in [-0.25, -0.2) is 19.2 Å². The van der Waals surface area contributed by atoms with Gasteiger partial charge in [0, 0.05) is 79.0 Å². The molecule has 2 saturated carbocycles. The number of rotatable bonds is 57. The van der Waals surface area contributed by atoms with Gasteiger partial charge in [0.15, 0.2) is 0 Å². The molecule has 6 saturated heterocycles. The van der Waals surface area contributed by atoms with Crippen LogP contribution in [0.5, 0.6) is 0 Å². The van der Waals surface area contributed by atoms with E-state index in [0.29, 0.717) is 114 Å². The molecule has 4 aromatic rings. The molecule has 0 aromatic heterocycles. The number of carbonyl (C=O) groups excluding carboxylic acids is 8. The van der Waals surface area contributed by atoms with E-state index in [1.54, 1.807) is 79.6 Å². The summed E-state index contributed by atoms with van der Waals surface area (Å²) in [5.74, 6) is -2.61. The highest BCUT2D eigenvalue weighted by Gasteiger charge is 2.56. The van der Waals surface area contributed by atoms with Gasteiger partial charge in [0.2, 0.25) is 23.6 Å². The third-order valence-electron chi connectivity index (χ3n) is 26.8. The molecule has 2 spiro atoms. The molecule has 8 fully saturated rings. The van der Waals surface area contributed by atoms with Crippen molar-refractivity contribution in [2.45, 2.75) is 268 Å². The molecule has 149 heavy (non-hydrogen) atoms. The summed E-state index contributed by atoms with van der Waals surface area (Å²) in [6, 6.07) is 28.4. The van der Waals surface area contributed by atoms with Gasteiger partial charge in [-0.15, -0.1) is 87.5 Å². The highest BCUT2D eigenvalue weighted by Crippen LogP contribution is 2.53. The molecule has 8 N–H and O–H groups in total. The molecule has 16 unspecified atom stereocenters. The van der Waals surface area contributed by atoms with Gasteiger partial charge in [-0.3, -0.25) is 59.6 Å². The number of likely N-dealkylation sites (tertiary alicyclic amines) is 4. The molecule has 8 aliphatic rings. The Bertz CT molecular complexity index is 4830. The summed E-state index contributed by atoms with van der Waals surface area (Å²) in [7, 11) is 0. The second-order valence-electron chi connectivity index (χ2n) is 37.2. The van der Waals surface area contributed by atoms with Gasteiger partial charge in [-0.1, -0.05) is 147 Å². The molecule has 6 aliphatic heterocycles. The van der Waals surface area contributed by atoms with E-state index < -0.39 is 141 Å². The Balaban J connectivity index is 0.000000221. The zero-order valence-corrected chi connectivity index (χ0v) is 88.1. The number of nitrogens with zero attached hydrogens (tertiary/aromatic N) is 8. The number of nitrogens with one attached hydrogen (secondary N) is 4. The number of carbonyl (C=O) groups is 12. The number of hydrogen-bond donors (Lipinski definition) is 8. The number of fused-ring (bicyclic) bond motifs is 2. The van der Waals surface area contributed by atoms with Gasteiger partial charge in [-0.2, -0.15) is 11.8 Å². The largest absolute Gasteiger partial charge is 0.480 e. The Morgan fingerprint density at radius 1 is 0.369 bits per heavy atom. The van der Waals surface area contributed by atoms with Gasteiger partial charge >= 0.3 is 47.8 Å². The minimum absolute atomic E-state index is 0.0260. The number of carboxylic acids is 4.